The van der Waals surface area contributed by atoms with Gasteiger partial charge in [0.1, 0.15) is 5.56 Å². The van der Waals surface area contributed by atoms with Crippen LogP contribution in [-0.4, -0.2) is 51.2 Å². The van der Waals surface area contributed by atoms with Crippen molar-refractivity contribution in [2.24, 2.45) is 11.3 Å². The van der Waals surface area contributed by atoms with Gasteiger partial charge in [0, 0.05) is 12.8 Å². The molecule has 0 spiro atoms. The summed E-state index contributed by atoms with van der Waals surface area (Å²) in [4.78, 5) is 37.3. The number of alkyl halides is 1. The number of carbonyl (C=O) groups is 3. The first kappa shape index (κ1) is 26.9. The highest BCUT2D eigenvalue weighted by Crippen LogP contribution is 2.37. The van der Waals surface area contributed by atoms with Gasteiger partial charge in [-0.05, 0) is 45.2 Å². The summed E-state index contributed by atoms with van der Waals surface area (Å²) in [5.74, 6) is -2.36. The van der Waals surface area contributed by atoms with Gasteiger partial charge in [0.25, 0.3) is 0 Å². The smallest absolute Gasteiger partial charge is 0.343 e. The molecular formula is C19H36ClNO6Si. The van der Waals surface area contributed by atoms with E-state index >= 15 is 0 Å². The Morgan fingerprint density at radius 3 is 1.82 bits per heavy atom. The van der Waals surface area contributed by atoms with Crippen LogP contribution in [0.15, 0.2) is 0 Å². The number of esters is 2. The summed E-state index contributed by atoms with van der Waals surface area (Å²) in [6.45, 7) is 14.8. The summed E-state index contributed by atoms with van der Waals surface area (Å²) in [7, 11) is -1.39. The molecule has 7 nitrogen and oxygen atoms in total. The summed E-state index contributed by atoms with van der Waals surface area (Å²) in [6, 6.07) is 0. The van der Waals surface area contributed by atoms with Gasteiger partial charge in [0.2, 0.25) is 11.4 Å². The molecule has 0 fully saturated rings. The number of hydrogen-bond donors (Lipinski definition) is 1. The van der Waals surface area contributed by atoms with E-state index in [4.69, 9.17) is 25.5 Å². The second-order valence-corrected chi connectivity index (χ2v) is 10.9. The summed E-state index contributed by atoms with van der Waals surface area (Å²) in [5.41, 5.74) is -2.72. The van der Waals surface area contributed by atoms with Crippen molar-refractivity contribution in [2.75, 3.05) is 13.2 Å². The van der Waals surface area contributed by atoms with E-state index in [9.17, 15) is 14.4 Å². The van der Waals surface area contributed by atoms with Crippen LogP contribution in [0.2, 0.25) is 13.1 Å². The van der Waals surface area contributed by atoms with Crippen LogP contribution in [0.5, 0.6) is 0 Å². The van der Waals surface area contributed by atoms with Crippen molar-refractivity contribution in [3.8, 4) is 0 Å². The number of rotatable bonds is 11. The lowest BCUT2D eigenvalue weighted by Gasteiger charge is -2.37. The molecule has 2 unspecified atom stereocenters. The molecule has 0 aliphatic rings. The first-order valence-corrected chi connectivity index (χ1v) is 13.0. The highest BCUT2D eigenvalue weighted by molar-refractivity contribution is 6.49. The lowest BCUT2D eigenvalue weighted by molar-refractivity contribution is -0.168. The molecule has 164 valence electrons. The van der Waals surface area contributed by atoms with E-state index in [0.717, 1.165) is 0 Å². The average Bonchev–Trinajstić information content (AvgIpc) is 2.51. The maximum atomic E-state index is 12.7. The molecule has 0 aromatic heterocycles. The molecular weight excluding hydrogens is 402 g/mol. The molecule has 28 heavy (non-hydrogen) atoms. The van der Waals surface area contributed by atoms with E-state index in [0.29, 0.717) is 6.42 Å². The zero-order chi connectivity index (χ0) is 22.1. The summed E-state index contributed by atoms with van der Waals surface area (Å²) >= 11 is 6.54. The van der Waals surface area contributed by atoms with E-state index in [-0.39, 0.29) is 31.0 Å². The Morgan fingerprint density at radius 2 is 1.50 bits per heavy atom. The molecule has 0 rings (SSSR count). The van der Waals surface area contributed by atoms with E-state index in [1.807, 2.05) is 33.9 Å². The molecule has 0 heterocycles. The van der Waals surface area contributed by atoms with Crippen molar-refractivity contribution in [3.05, 3.63) is 0 Å². The van der Waals surface area contributed by atoms with Gasteiger partial charge < -0.3 is 19.2 Å². The van der Waals surface area contributed by atoms with Crippen LogP contribution in [-0.2, 0) is 28.3 Å². The molecule has 1 N–H and O–H groups in total. The number of nitrogens with one attached hydrogen (secondary N) is 1. The van der Waals surface area contributed by atoms with E-state index < -0.39 is 38.0 Å². The predicted molar refractivity (Wildman–Crippen MR) is 112 cm³/mol. The van der Waals surface area contributed by atoms with E-state index in [2.05, 4.69) is 5.32 Å². The Kier molecular flexibility index (Phi) is 11.3. The fourth-order valence-electron chi connectivity index (χ4n) is 2.95. The van der Waals surface area contributed by atoms with Crippen LogP contribution < -0.4 is 5.32 Å². The third kappa shape index (κ3) is 8.09. The third-order valence-corrected chi connectivity index (χ3v) is 5.72. The SMILES string of the molecule is CCOC(=O)C(CCC(C(Cl)O[SiH](C)C)C(C)(C)C)(NC(C)=O)C(=O)OCC. The molecule has 0 aliphatic heterocycles. The van der Waals surface area contributed by atoms with Crippen molar-refractivity contribution >= 4 is 38.5 Å². The molecule has 1 amide bonds. The molecule has 0 bridgehead atoms. The second-order valence-electron chi connectivity index (χ2n) is 8.07. The fourth-order valence-corrected chi connectivity index (χ4v) is 4.78. The Bertz CT molecular complexity index is 517. The van der Waals surface area contributed by atoms with Crippen molar-refractivity contribution in [2.45, 2.75) is 78.6 Å². The monoisotopic (exact) mass is 437 g/mol. The lowest BCUT2D eigenvalue weighted by Crippen LogP contribution is -2.61. The fraction of sp³-hybridized carbons (Fsp3) is 0.842. The molecule has 0 aromatic carbocycles. The Balaban J connectivity index is 5.90. The van der Waals surface area contributed by atoms with Gasteiger partial charge in [-0.15, -0.1) is 0 Å². The maximum Gasteiger partial charge on any atom is 0.343 e. The minimum atomic E-state index is -1.91. The first-order chi connectivity index (χ1) is 12.8. The van der Waals surface area contributed by atoms with Crippen LogP contribution in [0, 0.1) is 11.3 Å². The Morgan fingerprint density at radius 1 is 1.04 bits per heavy atom. The minimum absolute atomic E-state index is 0.00157. The molecule has 0 radical (unpaired) electrons. The van der Waals surface area contributed by atoms with Gasteiger partial charge in [0.05, 0.1) is 13.2 Å². The minimum Gasteiger partial charge on any atom is -0.464 e. The molecule has 0 aromatic rings. The van der Waals surface area contributed by atoms with E-state index in [1.165, 1.54) is 6.92 Å². The summed E-state index contributed by atoms with van der Waals surface area (Å²) in [5, 5.41) is 2.49. The quantitative estimate of drug-likeness (QED) is 0.231. The number of hydrogen-bond acceptors (Lipinski definition) is 6. The highest BCUT2D eigenvalue weighted by atomic mass is 35.5. The van der Waals surface area contributed by atoms with Crippen LogP contribution in [0.25, 0.3) is 0 Å². The third-order valence-electron chi connectivity index (χ3n) is 4.30. The standard InChI is InChI=1S/C19H36ClNO6Si/c1-9-25-16(23)19(21-13(3)22,17(24)26-10-2)12-11-14(18(4,5)6)15(20)27-28(7)8/h14-15,28H,9-12H2,1-8H3,(H,21,22). The van der Waals surface area contributed by atoms with Crippen LogP contribution in [0.1, 0.15) is 54.4 Å². The normalized spacial score (nSPS) is 14.4. The summed E-state index contributed by atoms with van der Waals surface area (Å²) < 4.78 is 16.1. The number of amides is 1. The van der Waals surface area contributed by atoms with Gasteiger partial charge in [-0.3, -0.25) is 4.79 Å². The zero-order valence-electron chi connectivity index (χ0n) is 18.4. The van der Waals surface area contributed by atoms with Gasteiger partial charge in [-0.1, -0.05) is 32.4 Å². The summed E-state index contributed by atoms with van der Waals surface area (Å²) in [6.07, 6.45) is 0.356. The Hall–Kier alpha value is -1.12. The van der Waals surface area contributed by atoms with Gasteiger partial charge in [0.15, 0.2) is 9.04 Å². The largest absolute Gasteiger partial charge is 0.464 e. The van der Waals surface area contributed by atoms with Gasteiger partial charge in [-0.25, -0.2) is 9.59 Å². The molecule has 0 saturated heterocycles. The van der Waals surface area contributed by atoms with Crippen molar-refractivity contribution in [1.29, 1.82) is 0 Å². The Labute approximate surface area is 175 Å². The van der Waals surface area contributed by atoms with Crippen LogP contribution >= 0.6 is 11.6 Å². The maximum absolute atomic E-state index is 12.7. The second kappa shape index (κ2) is 11.8. The van der Waals surface area contributed by atoms with E-state index in [1.54, 1.807) is 13.8 Å². The lowest BCUT2D eigenvalue weighted by atomic mass is 9.76. The molecule has 0 saturated carbocycles. The topological polar surface area (TPSA) is 90.9 Å². The first-order valence-electron chi connectivity index (χ1n) is 9.74. The predicted octanol–water partition coefficient (Wildman–Crippen LogP) is 2.99. The molecule has 9 heteroatoms. The molecule has 2 atom stereocenters. The zero-order valence-corrected chi connectivity index (χ0v) is 20.3. The number of carbonyl (C=O) groups excluding carboxylic acids is 3. The average molecular weight is 438 g/mol. The number of ether oxygens (including phenoxy) is 2. The van der Waals surface area contributed by atoms with Crippen molar-refractivity contribution in [3.63, 3.8) is 0 Å². The molecule has 0 aliphatic carbocycles. The van der Waals surface area contributed by atoms with Gasteiger partial charge in [-0.2, -0.15) is 0 Å². The van der Waals surface area contributed by atoms with Crippen molar-refractivity contribution in [1.82, 2.24) is 5.32 Å². The van der Waals surface area contributed by atoms with Gasteiger partial charge >= 0.3 is 11.9 Å². The van der Waals surface area contributed by atoms with Crippen molar-refractivity contribution < 1.29 is 28.3 Å². The van der Waals surface area contributed by atoms with Crippen LogP contribution in [0.3, 0.4) is 0 Å². The van der Waals surface area contributed by atoms with Crippen LogP contribution in [0.4, 0.5) is 0 Å². The number of halogens is 1. The highest BCUT2D eigenvalue weighted by Gasteiger charge is 2.51.